The van der Waals surface area contributed by atoms with Crippen molar-refractivity contribution in [2.75, 3.05) is 36.5 Å². The first-order valence-electron chi connectivity index (χ1n) is 10.7. The quantitative estimate of drug-likeness (QED) is 0.415. The molecule has 3 heterocycles. The molecule has 2 aromatic carbocycles. The Morgan fingerprint density at radius 2 is 1.91 bits per heavy atom. The molecule has 8 heteroatoms. The van der Waals surface area contributed by atoms with Gasteiger partial charge in [0, 0.05) is 47.4 Å². The number of anilines is 2. The number of imidazole rings is 1. The van der Waals surface area contributed by atoms with Crippen molar-refractivity contribution < 1.29 is 13.9 Å². The molecule has 0 spiro atoms. The van der Waals surface area contributed by atoms with Crippen LogP contribution in [0.4, 0.5) is 15.8 Å². The first-order valence-corrected chi connectivity index (χ1v) is 11.7. The second kappa shape index (κ2) is 9.64. The van der Waals surface area contributed by atoms with Gasteiger partial charge in [-0.2, -0.15) is 0 Å². The predicted molar refractivity (Wildman–Crippen MR) is 129 cm³/mol. The summed E-state index contributed by atoms with van der Waals surface area (Å²) in [7, 11) is 0. The van der Waals surface area contributed by atoms with Crippen LogP contribution in [-0.2, 0) is 10.5 Å². The van der Waals surface area contributed by atoms with Crippen LogP contribution in [-0.4, -0.2) is 41.6 Å². The highest BCUT2D eigenvalue weighted by molar-refractivity contribution is 7.98. The van der Waals surface area contributed by atoms with Crippen molar-refractivity contribution in [3.05, 3.63) is 90.1 Å². The van der Waals surface area contributed by atoms with Crippen LogP contribution < -0.4 is 10.2 Å². The van der Waals surface area contributed by atoms with Crippen molar-refractivity contribution in [2.24, 2.45) is 0 Å². The molecule has 1 aliphatic heterocycles. The molecule has 0 bridgehead atoms. The largest absolute Gasteiger partial charge is 0.378 e. The van der Waals surface area contributed by atoms with E-state index in [0.29, 0.717) is 43.2 Å². The van der Waals surface area contributed by atoms with Gasteiger partial charge in [0.25, 0.3) is 5.91 Å². The summed E-state index contributed by atoms with van der Waals surface area (Å²) in [6.07, 6.45) is 4.00. The molecule has 1 N–H and O–H groups in total. The number of fused-ring (bicyclic) bond motifs is 1. The highest BCUT2D eigenvalue weighted by atomic mass is 32.2. The summed E-state index contributed by atoms with van der Waals surface area (Å²) >= 11 is 1.66. The molecule has 5 rings (SSSR count). The van der Waals surface area contributed by atoms with Crippen molar-refractivity contribution in [1.82, 2.24) is 9.38 Å². The van der Waals surface area contributed by atoms with Crippen molar-refractivity contribution >= 4 is 34.7 Å². The molecule has 0 saturated carbocycles. The molecule has 1 aliphatic rings. The highest BCUT2D eigenvalue weighted by Crippen LogP contribution is 2.25. The molecule has 0 unspecified atom stereocenters. The number of hydrogen-bond acceptors (Lipinski definition) is 5. The second-order valence-corrected chi connectivity index (χ2v) is 8.78. The smallest absolute Gasteiger partial charge is 0.255 e. The number of hydrogen-bond donors (Lipinski definition) is 1. The number of ether oxygens (including phenoxy) is 1. The number of halogens is 1. The maximum Gasteiger partial charge on any atom is 0.255 e. The van der Waals surface area contributed by atoms with E-state index in [9.17, 15) is 9.18 Å². The maximum absolute atomic E-state index is 14.6. The van der Waals surface area contributed by atoms with Crippen LogP contribution in [0.2, 0.25) is 0 Å². The summed E-state index contributed by atoms with van der Waals surface area (Å²) in [6, 6.07) is 18.1. The van der Waals surface area contributed by atoms with Gasteiger partial charge < -0.3 is 19.4 Å². The normalized spacial score (nSPS) is 13.9. The van der Waals surface area contributed by atoms with Crippen LogP contribution in [0.1, 0.15) is 16.1 Å². The van der Waals surface area contributed by atoms with E-state index in [1.165, 1.54) is 6.07 Å². The summed E-state index contributed by atoms with van der Waals surface area (Å²) in [5, 5.41) is 2.78. The van der Waals surface area contributed by atoms with Crippen LogP contribution in [0.15, 0.2) is 78.0 Å². The lowest BCUT2D eigenvalue weighted by molar-refractivity contribution is 0.102. The van der Waals surface area contributed by atoms with Crippen molar-refractivity contribution in [3.8, 4) is 0 Å². The molecule has 1 amide bonds. The average molecular weight is 463 g/mol. The Morgan fingerprint density at radius 1 is 1.09 bits per heavy atom. The third kappa shape index (κ3) is 5.02. The molecular formula is C25H23FN4O2S. The summed E-state index contributed by atoms with van der Waals surface area (Å²) in [4.78, 5) is 20.2. The van der Waals surface area contributed by atoms with Crippen LogP contribution in [0.25, 0.3) is 5.65 Å². The van der Waals surface area contributed by atoms with E-state index in [4.69, 9.17) is 4.74 Å². The topological polar surface area (TPSA) is 58.9 Å². The minimum Gasteiger partial charge on any atom is -0.378 e. The van der Waals surface area contributed by atoms with Crippen LogP contribution in [0.3, 0.4) is 0 Å². The monoisotopic (exact) mass is 462 g/mol. The zero-order valence-corrected chi connectivity index (χ0v) is 18.7. The number of benzene rings is 2. The second-order valence-electron chi connectivity index (χ2n) is 7.73. The fraction of sp³-hybridized carbons (Fsp3) is 0.200. The van der Waals surface area contributed by atoms with E-state index >= 15 is 0 Å². The summed E-state index contributed by atoms with van der Waals surface area (Å²) in [6.45, 7) is 2.49. The van der Waals surface area contributed by atoms with Gasteiger partial charge in [-0.1, -0.05) is 6.07 Å². The number of morpholine rings is 1. The van der Waals surface area contributed by atoms with E-state index in [-0.39, 0.29) is 11.7 Å². The Morgan fingerprint density at radius 3 is 2.67 bits per heavy atom. The zero-order chi connectivity index (χ0) is 22.6. The third-order valence-corrected chi connectivity index (χ3v) is 6.52. The van der Waals surface area contributed by atoms with E-state index in [0.717, 1.165) is 22.0 Å². The minimum absolute atomic E-state index is 0.273. The Hall–Kier alpha value is -3.36. The van der Waals surface area contributed by atoms with Crippen LogP contribution in [0.5, 0.6) is 0 Å². The van der Waals surface area contributed by atoms with Crippen molar-refractivity contribution in [2.45, 2.75) is 10.6 Å². The molecule has 2 aromatic heterocycles. The maximum atomic E-state index is 14.6. The van der Waals surface area contributed by atoms with Gasteiger partial charge >= 0.3 is 0 Å². The number of thioether (sulfide) groups is 1. The fourth-order valence-electron chi connectivity index (χ4n) is 3.77. The molecule has 1 fully saturated rings. The molecule has 33 heavy (non-hydrogen) atoms. The van der Waals surface area contributed by atoms with Crippen LogP contribution in [0, 0.1) is 5.82 Å². The SMILES string of the molecule is O=C(Nc1ccc(N2CCOCC2)c(F)c1)c1ccc(SCc2cn3ccccc3n2)cc1. The van der Waals surface area contributed by atoms with E-state index in [1.54, 1.807) is 36.0 Å². The van der Waals surface area contributed by atoms with Crippen molar-refractivity contribution in [1.29, 1.82) is 0 Å². The molecule has 0 aliphatic carbocycles. The van der Waals surface area contributed by atoms with Gasteiger partial charge in [-0.15, -0.1) is 11.8 Å². The van der Waals surface area contributed by atoms with Gasteiger partial charge in [0.2, 0.25) is 0 Å². The van der Waals surface area contributed by atoms with E-state index < -0.39 is 0 Å². The number of rotatable bonds is 6. The minimum atomic E-state index is -0.353. The molecule has 4 aromatic rings. The van der Waals surface area contributed by atoms with Gasteiger partial charge in [0.05, 0.1) is 24.6 Å². The lowest BCUT2D eigenvalue weighted by Gasteiger charge is -2.29. The Labute approximate surface area is 195 Å². The number of nitrogens with one attached hydrogen (secondary N) is 1. The number of pyridine rings is 1. The van der Waals surface area contributed by atoms with Gasteiger partial charge in [-0.25, -0.2) is 9.37 Å². The van der Waals surface area contributed by atoms with E-state index in [2.05, 4.69) is 10.3 Å². The number of nitrogens with zero attached hydrogens (tertiary/aromatic N) is 3. The molecule has 0 atom stereocenters. The van der Waals surface area contributed by atoms with Gasteiger partial charge in [-0.3, -0.25) is 4.79 Å². The first-order chi connectivity index (χ1) is 16.2. The summed E-state index contributed by atoms with van der Waals surface area (Å²) < 4.78 is 21.9. The van der Waals surface area contributed by atoms with E-state index in [1.807, 2.05) is 52.0 Å². The van der Waals surface area contributed by atoms with Gasteiger partial charge in [-0.05, 0) is 54.6 Å². The zero-order valence-electron chi connectivity index (χ0n) is 17.9. The number of carbonyl (C=O) groups is 1. The number of aromatic nitrogens is 2. The fourth-order valence-corrected chi connectivity index (χ4v) is 4.55. The average Bonchev–Trinajstić information content (AvgIpc) is 3.27. The lowest BCUT2D eigenvalue weighted by Crippen LogP contribution is -2.36. The van der Waals surface area contributed by atoms with Crippen molar-refractivity contribution in [3.63, 3.8) is 0 Å². The molecule has 0 radical (unpaired) electrons. The van der Waals surface area contributed by atoms with Crippen LogP contribution >= 0.6 is 11.8 Å². The standard InChI is InChI=1S/C25H23FN4O2S/c26-22-15-19(6-9-23(22)29-11-13-32-14-12-29)28-25(31)18-4-7-21(8-5-18)33-17-20-16-30-10-2-1-3-24(30)27-20/h1-10,15-16H,11-14,17H2,(H,28,31). The summed E-state index contributed by atoms with van der Waals surface area (Å²) in [5.41, 5.74) is 3.40. The number of amides is 1. The van der Waals surface area contributed by atoms with Gasteiger partial charge in [0.1, 0.15) is 11.5 Å². The predicted octanol–water partition coefficient (Wildman–Crippen LogP) is 4.85. The lowest BCUT2D eigenvalue weighted by atomic mass is 10.2. The van der Waals surface area contributed by atoms with Gasteiger partial charge in [0.15, 0.2) is 0 Å². The Balaban J connectivity index is 1.19. The number of carbonyl (C=O) groups excluding carboxylic acids is 1. The third-order valence-electron chi connectivity index (χ3n) is 5.47. The molecule has 168 valence electrons. The highest BCUT2D eigenvalue weighted by Gasteiger charge is 2.16. The molecule has 6 nitrogen and oxygen atoms in total. The molecule has 1 saturated heterocycles. The Kier molecular flexibility index (Phi) is 6.28. The Bertz CT molecular complexity index is 1240. The first kappa shape index (κ1) is 21.5. The summed E-state index contributed by atoms with van der Waals surface area (Å²) in [5.74, 6) is 0.112. The molecular weight excluding hydrogens is 439 g/mol.